The second-order valence-electron chi connectivity index (χ2n) is 5.52. The van der Waals surface area contributed by atoms with Crippen LogP contribution in [0.15, 0.2) is 42.5 Å². The molecular formula is C18H22N2O. The zero-order valence-electron chi connectivity index (χ0n) is 12.8. The number of rotatable bonds is 5. The molecule has 2 aromatic carbocycles. The predicted molar refractivity (Wildman–Crippen MR) is 86.1 cm³/mol. The Bertz CT molecular complexity index is 632. The van der Waals surface area contributed by atoms with Crippen LogP contribution in [-0.2, 0) is 6.54 Å². The van der Waals surface area contributed by atoms with Gasteiger partial charge in [-0.2, -0.15) is 0 Å². The largest absolute Gasteiger partial charge is 0.366 e. The molecule has 0 bridgehead atoms. The quantitative estimate of drug-likeness (QED) is 0.884. The first-order valence-corrected chi connectivity index (χ1v) is 7.16. The molecule has 0 aliphatic carbocycles. The Morgan fingerprint density at radius 3 is 2.43 bits per heavy atom. The monoisotopic (exact) mass is 282 g/mol. The lowest BCUT2D eigenvalue weighted by molar-refractivity contribution is 0.100. The van der Waals surface area contributed by atoms with E-state index in [1.807, 2.05) is 12.1 Å². The van der Waals surface area contributed by atoms with Crippen LogP contribution in [0.2, 0.25) is 0 Å². The first-order valence-electron chi connectivity index (χ1n) is 7.16. The van der Waals surface area contributed by atoms with Crippen molar-refractivity contribution in [1.29, 1.82) is 0 Å². The fraction of sp³-hybridized carbons (Fsp3) is 0.278. The maximum absolute atomic E-state index is 11.0. The molecule has 21 heavy (non-hydrogen) atoms. The lowest BCUT2D eigenvalue weighted by Crippen LogP contribution is -2.19. The van der Waals surface area contributed by atoms with Crippen LogP contribution in [0, 0.1) is 13.8 Å². The average Bonchev–Trinajstić information content (AvgIpc) is 2.47. The molecule has 3 heteroatoms. The molecule has 2 rings (SSSR count). The van der Waals surface area contributed by atoms with Crippen molar-refractivity contribution in [2.75, 3.05) is 0 Å². The molecule has 0 aliphatic rings. The lowest BCUT2D eigenvalue weighted by atomic mass is 10.00. The summed E-state index contributed by atoms with van der Waals surface area (Å²) < 4.78 is 0. The molecule has 1 amide bonds. The van der Waals surface area contributed by atoms with Gasteiger partial charge in [-0.25, -0.2) is 0 Å². The molecule has 1 atom stereocenters. The van der Waals surface area contributed by atoms with Crippen molar-refractivity contribution >= 4 is 5.91 Å². The van der Waals surface area contributed by atoms with Crippen LogP contribution in [0.4, 0.5) is 0 Å². The molecule has 0 aromatic heterocycles. The molecule has 2 aromatic rings. The number of benzene rings is 2. The minimum atomic E-state index is -0.390. The minimum Gasteiger partial charge on any atom is -0.366 e. The Kier molecular flexibility index (Phi) is 4.76. The van der Waals surface area contributed by atoms with Crippen molar-refractivity contribution in [3.8, 4) is 0 Å². The SMILES string of the molecule is Cc1ccc(C)c(C(C)NCc2ccc(C(N)=O)cc2)c1. The molecule has 0 saturated carbocycles. The first-order chi connectivity index (χ1) is 9.97. The number of carbonyl (C=O) groups excluding carboxylic acids is 1. The van der Waals surface area contributed by atoms with E-state index in [0.717, 1.165) is 12.1 Å². The van der Waals surface area contributed by atoms with Crippen LogP contribution in [-0.4, -0.2) is 5.91 Å². The third kappa shape index (κ3) is 3.92. The summed E-state index contributed by atoms with van der Waals surface area (Å²) in [6.07, 6.45) is 0. The van der Waals surface area contributed by atoms with Crippen LogP contribution in [0.1, 0.15) is 45.6 Å². The number of aryl methyl sites for hydroxylation is 2. The van der Waals surface area contributed by atoms with Gasteiger partial charge in [-0.3, -0.25) is 4.79 Å². The molecule has 0 aliphatic heterocycles. The van der Waals surface area contributed by atoms with Crippen LogP contribution in [0.3, 0.4) is 0 Å². The highest BCUT2D eigenvalue weighted by Gasteiger charge is 2.08. The summed E-state index contributed by atoms with van der Waals surface area (Å²) in [5.41, 5.74) is 10.8. The number of amides is 1. The first kappa shape index (κ1) is 15.3. The minimum absolute atomic E-state index is 0.278. The van der Waals surface area contributed by atoms with Gasteiger partial charge in [0.2, 0.25) is 5.91 Å². The highest BCUT2D eigenvalue weighted by Crippen LogP contribution is 2.19. The summed E-state index contributed by atoms with van der Waals surface area (Å²) in [5.74, 6) is -0.390. The van der Waals surface area contributed by atoms with Crippen molar-refractivity contribution in [1.82, 2.24) is 5.32 Å². The molecule has 0 radical (unpaired) electrons. The maximum Gasteiger partial charge on any atom is 0.248 e. The summed E-state index contributed by atoms with van der Waals surface area (Å²) in [4.78, 5) is 11.0. The molecule has 0 fully saturated rings. The van der Waals surface area contributed by atoms with E-state index in [2.05, 4.69) is 44.3 Å². The van der Waals surface area contributed by atoms with Crippen LogP contribution in [0.5, 0.6) is 0 Å². The molecule has 1 unspecified atom stereocenters. The number of carbonyl (C=O) groups is 1. The topological polar surface area (TPSA) is 55.1 Å². The van der Waals surface area contributed by atoms with Gasteiger partial charge in [-0.1, -0.05) is 35.9 Å². The number of nitrogens with one attached hydrogen (secondary N) is 1. The standard InChI is InChI=1S/C18H22N2O/c1-12-4-5-13(2)17(10-12)14(3)20-11-15-6-8-16(9-7-15)18(19)21/h4-10,14,20H,11H2,1-3H3,(H2,19,21). The number of nitrogens with two attached hydrogens (primary N) is 1. The highest BCUT2D eigenvalue weighted by atomic mass is 16.1. The van der Waals surface area contributed by atoms with Crippen molar-refractivity contribution in [3.63, 3.8) is 0 Å². The summed E-state index contributed by atoms with van der Waals surface area (Å²) in [6, 6.07) is 14.2. The Hall–Kier alpha value is -2.13. The molecule has 0 spiro atoms. The van der Waals surface area contributed by atoms with Gasteiger partial charge < -0.3 is 11.1 Å². The van der Waals surface area contributed by atoms with Gasteiger partial charge in [0, 0.05) is 18.2 Å². The zero-order chi connectivity index (χ0) is 15.4. The van der Waals surface area contributed by atoms with Gasteiger partial charge >= 0.3 is 0 Å². The average molecular weight is 282 g/mol. The fourth-order valence-corrected chi connectivity index (χ4v) is 2.39. The summed E-state index contributed by atoms with van der Waals surface area (Å²) >= 11 is 0. The fourth-order valence-electron chi connectivity index (χ4n) is 2.39. The number of primary amides is 1. The smallest absolute Gasteiger partial charge is 0.248 e. The zero-order valence-corrected chi connectivity index (χ0v) is 12.8. The van der Waals surface area contributed by atoms with E-state index < -0.39 is 5.91 Å². The van der Waals surface area contributed by atoms with Gasteiger partial charge in [0.25, 0.3) is 0 Å². The van der Waals surface area contributed by atoms with Crippen LogP contribution >= 0.6 is 0 Å². The van der Waals surface area contributed by atoms with Gasteiger partial charge in [0.1, 0.15) is 0 Å². The summed E-state index contributed by atoms with van der Waals surface area (Å²) in [6.45, 7) is 7.17. The van der Waals surface area contributed by atoms with Crippen LogP contribution in [0.25, 0.3) is 0 Å². The normalized spacial score (nSPS) is 12.1. The van der Waals surface area contributed by atoms with Crippen molar-refractivity contribution in [2.45, 2.75) is 33.4 Å². The van der Waals surface area contributed by atoms with Gasteiger partial charge in [-0.05, 0) is 49.6 Å². The van der Waals surface area contributed by atoms with E-state index in [1.165, 1.54) is 16.7 Å². The Morgan fingerprint density at radius 1 is 1.14 bits per heavy atom. The van der Waals surface area contributed by atoms with E-state index in [0.29, 0.717) is 5.56 Å². The van der Waals surface area contributed by atoms with E-state index in [-0.39, 0.29) is 6.04 Å². The maximum atomic E-state index is 11.0. The van der Waals surface area contributed by atoms with Gasteiger partial charge in [-0.15, -0.1) is 0 Å². The second-order valence-corrected chi connectivity index (χ2v) is 5.52. The van der Waals surface area contributed by atoms with Crippen molar-refractivity contribution < 1.29 is 4.79 Å². The van der Waals surface area contributed by atoms with Gasteiger partial charge in [0.05, 0.1) is 0 Å². The summed E-state index contributed by atoms with van der Waals surface area (Å²) in [5, 5.41) is 3.52. The second kappa shape index (κ2) is 6.55. The molecule has 0 heterocycles. The highest BCUT2D eigenvalue weighted by molar-refractivity contribution is 5.92. The van der Waals surface area contributed by atoms with E-state index in [4.69, 9.17) is 5.73 Å². The third-order valence-corrected chi connectivity index (χ3v) is 3.75. The van der Waals surface area contributed by atoms with Crippen molar-refractivity contribution in [3.05, 3.63) is 70.3 Å². The molecule has 0 saturated heterocycles. The summed E-state index contributed by atoms with van der Waals surface area (Å²) in [7, 11) is 0. The molecule has 110 valence electrons. The molecule has 3 N–H and O–H groups in total. The Labute approximate surface area is 126 Å². The Morgan fingerprint density at radius 2 is 1.81 bits per heavy atom. The number of hydrogen-bond donors (Lipinski definition) is 2. The van der Waals surface area contributed by atoms with Crippen molar-refractivity contribution in [2.24, 2.45) is 5.73 Å². The van der Waals surface area contributed by atoms with E-state index >= 15 is 0 Å². The molecule has 3 nitrogen and oxygen atoms in total. The van der Waals surface area contributed by atoms with E-state index in [9.17, 15) is 4.79 Å². The van der Waals surface area contributed by atoms with Gasteiger partial charge in [0.15, 0.2) is 0 Å². The Balaban J connectivity index is 2.02. The number of hydrogen-bond acceptors (Lipinski definition) is 2. The third-order valence-electron chi connectivity index (χ3n) is 3.75. The van der Waals surface area contributed by atoms with E-state index in [1.54, 1.807) is 12.1 Å². The van der Waals surface area contributed by atoms with Crippen LogP contribution < -0.4 is 11.1 Å². The lowest BCUT2D eigenvalue weighted by Gasteiger charge is -2.17. The predicted octanol–water partition coefficient (Wildman–Crippen LogP) is 3.25. The molecular weight excluding hydrogens is 260 g/mol.